The van der Waals surface area contributed by atoms with Crippen LogP contribution in [0.4, 0.5) is 5.13 Å². The summed E-state index contributed by atoms with van der Waals surface area (Å²) in [6.07, 6.45) is 4.54. The number of thiazole rings is 1. The zero-order valence-electron chi connectivity index (χ0n) is 12.2. The van der Waals surface area contributed by atoms with Crippen molar-refractivity contribution in [3.05, 3.63) is 64.8 Å². The molecular formula is C17H14ClN3OS. The van der Waals surface area contributed by atoms with E-state index in [0.717, 1.165) is 16.8 Å². The van der Waals surface area contributed by atoms with Crippen molar-refractivity contribution in [3.8, 4) is 11.3 Å². The average Bonchev–Trinajstić information content (AvgIpc) is 3.02. The molecule has 0 fully saturated rings. The Balaban J connectivity index is 1.61. The molecule has 0 aliphatic heterocycles. The van der Waals surface area contributed by atoms with Crippen molar-refractivity contribution in [2.75, 3.05) is 5.32 Å². The highest BCUT2D eigenvalue weighted by atomic mass is 35.5. The third kappa shape index (κ3) is 4.15. The lowest BCUT2D eigenvalue weighted by Gasteiger charge is -2.02. The number of aryl methyl sites for hydroxylation is 1. The van der Waals surface area contributed by atoms with Gasteiger partial charge in [-0.3, -0.25) is 9.78 Å². The van der Waals surface area contributed by atoms with Crippen molar-refractivity contribution in [1.82, 2.24) is 9.97 Å². The van der Waals surface area contributed by atoms with Gasteiger partial charge in [0.05, 0.1) is 5.69 Å². The number of rotatable bonds is 5. The van der Waals surface area contributed by atoms with E-state index in [9.17, 15) is 4.79 Å². The van der Waals surface area contributed by atoms with Gasteiger partial charge < -0.3 is 5.32 Å². The summed E-state index contributed by atoms with van der Waals surface area (Å²) in [4.78, 5) is 20.5. The van der Waals surface area contributed by atoms with Gasteiger partial charge in [-0.25, -0.2) is 4.98 Å². The van der Waals surface area contributed by atoms with Crippen LogP contribution < -0.4 is 5.32 Å². The highest BCUT2D eigenvalue weighted by Crippen LogP contribution is 2.30. The molecule has 0 saturated carbocycles. The van der Waals surface area contributed by atoms with E-state index in [1.807, 2.05) is 41.8 Å². The third-order valence-corrected chi connectivity index (χ3v) is 4.35. The number of carbonyl (C=O) groups is 1. The molecule has 3 aromatic rings. The first-order valence-electron chi connectivity index (χ1n) is 7.11. The van der Waals surface area contributed by atoms with Gasteiger partial charge in [0, 0.05) is 34.8 Å². The lowest BCUT2D eigenvalue weighted by molar-refractivity contribution is -0.116. The quantitative estimate of drug-likeness (QED) is 0.745. The number of anilines is 1. The molecule has 4 nitrogen and oxygen atoms in total. The number of carbonyl (C=O) groups excluding carboxylic acids is 1. The van der Waals surface area contributed by atoms with Crippen molar-refractivity contribution >= 4 is 34.0 Å². The predicted octanol–water partition coefficient (Wildman–Crippen LogP) is 4.43. The van der Waals surface area contributed by atoms with E-state index < -0.39 is 0 Å². The number of nitrogens with zero attached hydrogens (tertiary/aromatic N) is 2. The Kier molecular flexibility index (Phi) is 5.00. The minimum atomic E-state index is -0.0612. The number of hydrogen-bond donors (Lipinski definition) is 1. The first-order valence-corrected chi connectivity index (χ1v) is 8.37. The van der Waals surface area contributed by atoms with Crippen LogP contribution in [0.1, 0.15) is 12.0 Å². The molecule has 0 bridgehead atoms. The zero-order chi connectivity index (χ0) is 16.1. The van der Waals surface area contributed by atoms with E-state index in [4.69, 9.17) is 11.6 Å². The summed E-state index contributed by atoms with van der Waals surface area (Å²) in [6, 6.07) is 11.3. The average molecular weight is 344 g/mol. The van der Waals surface area contributed by atoms with Crippen molar-refractivity contribution in [2.45, 2.75) is 12.8 Å². The van der Waals surface area contributed by atoms with Gasteiger partial charge in [-0.1, -0.05) is 35.9 Å². The number of aromatic nitrogens is 2. The van der Waals surface area contributed by atoms with Crippen LogP contribution in [-0.2, 0) is 11.2 Å². The Morgan fingerprint density at radius 2 is 2.09 bits per heavy atom. The lowest BCUT2D eigenvalue weighted by atomic mass is 10.1. The molecule has 2 heterocycles. The molecule has 0 atom stereocenters. The smallest absolute Gasteiger partial charge is 0.226 e. The molecule has 0 saturated heterocycles. The second-order valence-corrected chi connectivity index (χ2v) is 6.19. The fraction of sp³-hybridized carbons (Fsp3) is 0.118. The number of pyridine rings is 1. The molecule has 0 unspecified atom stereocenters. The first kappa shape index (κ1) is 15.6. The number of nitrogens with one attached hydrogen (secondary N) is 1. The Bertz CT molecular complexity index is 804. The second-order valence-electron chi connectivity index (χ2n) is 4.93. The minimum Gasteiger partial charge on any atom is -0.302 e. The molecule has 2 aromatic heterocycles. The molecule has 23 heavy (non-hydrogen) atoms. The van der Waals surface area contributed by atoms with E-state index in [0.29, 0.717) is 23.0 Å². The first-order chi connectivity index (χ1) is 11.2. The monoisotopic (exact) mass is 343 g/mol. The van der Waals surface area contributed by atoms with Crippen LogP contribution in [0.2, 0.25) is 5.02 Å². The predicted molar refractivity (Wildman–Crippen MR) is 93.7 cm³/mol. The van der Waals surface area contributed by atoms with Crippen LogP contribution in [-0.4, -0.2) is 15.9 Å². The van der Waals surface area contributed by atoms with Crippen molar-refractivity contribution in [1.29, 1.82) is 0 Å². The van der Waals surface area contributed by atoms with E-state index in [2.05, 4.69) is 15.3 Å². The largest absolute Gasteiger partial charge is 0.302 e. The summed E-state index contributed by atoms with van der Waals surface area (Å²) in [5, 5.41) is 5.94. The fourth-order valence-electron chi connectivity index (χ4n) is 2.11. The van der Waals surface area contributed by atoms with Crippen molar-refractivity contribution in [3.63, 3.8) is 0 Å². The summed E-state index contributed by atoms with van der Waals surface area (Å²) in [5.41, 5.74) is 2.67. The topological polar surface area (TPSA) is 54.9 Å². The van der Waals surface area contributed by atoms with Crippen LogP contribution in [0.3, 0.4) is 0 Å². The summed E-state index contributed by atoms with van der Waals surface area (Å²) in [6.45, 7) is 0. The van der Waals surface area contributed by atoms with E-state index in [-0.39, 0.29) is 5.91 Å². The van der Waals surface area contributed by atoms with Gasteiger partial charge >= 0.3 is 0 Å². The maximum atomic E-state index is 12.0. The highest BCUT2D eigenvalue weighted by Gasteiger charge is 2.10. The zero-order valence-corrected chi connectivity index (χ0v) is 13.8. The Morgan fingerprint density at radius 1 is 1.22 bits per heavy atom. The summed E-state index contributed by atoms with van der Waals surface area (Å²) in [7, 11) is 0. The fourth-order valence-corrected chi connectivity index (χ4v) is 3.07. The van der Waals surface area contributed by atoms with Gasteiger partial charge in [0.1, 0.15) is 0 Å². The molecule has 1 amide bonds. The molecule has 0 spiro atoms. The van der Waals surface area contributed by atoms with Crippen molar-refractivity contribution < 1.29 is 4.79 Å². The van der Waals surface area contributed by atoms with E-state index in [1.54, 1.807) is 12.4 Å². The number of benzene rings is 1. The van der Waals surface area contributed by atoms with Gasteiger partial charge in [-0.2, -0.15) is 0 Å². The normalized spacial score (nSPS) is 10.5. The molecule has 1 N–H and O–H groups in total. The van der Waals surface area contributed by atoms with Gasteiger partial charge in [0.2, 0.25) is 5.91 Å². The molecule has 3 rings (SSSR count). The Labute approximate surface area is 143 Å². The van der Waals surface area contributed by atoms with Crippen LogP contribution in [0, 0.1) is 0 Å². The van der Waals surface area contributed by atoms with Gasteiger partial charge in [-0.05, 0) is 24.1 Å². The van der Waals surface area contributed by atoms with Gasteiger partial charge in [0.15, 0.2) is 5.13 Å². The number of amides is 1. The Hall–Kier alpha value is -2.24. The molecule has 1 aromatic carbocycles. The van der Waals surface area contributed by atoms with Gasteiger partial charge in [0.25, 0.3) is 0 Å². The second kappa shape index (κ2) is 7.35. The van der Waals surface area contributed by atoms with Crippen LogP contribution in [0.15, 0.2) is 54.2 Å². The summed E-state index contributed by atoms with van der Waals surface area (Å²) < 4.78 is 0. The Morgan fingerprint density at radius 3 is 2.87 bits per heavy atom. The van der Waals surface area contributed by atoms with Crippen LogP contribution >= 0.6 is 22.9 Å². The molecular weight excluding hydrogens is 330 g/mol. The maximum Gasteiger partial charge on any atom is 0.226 e. The SMILES string of the molecule is O=C(CCc1cccnc1)Nc1nc(-c2ccccc2Cl)cs1. The van der Waals surface area contributed by atoms with E-state index in [1.165, 1.54) is 11.3 Å². The summed E-state index contributed by atoms with van der Waals surface area (Å²) >= 11 is 7.55. The number of halogens is 1. The molecule has 116 valence electrons. The highest BCUT2D eigenvalue weighted by molar-refractivity contribution is 7.14. The summed E-state index contributed by atoms with van der Waals surface area (Å²) in [5.74, 6) is -0.0612. The lowest BCUT2D eigenvalue weighted by Crippen LogP contribution is -2.12. The minimum absolute atomic E-state index is 0.0612. The molecule has 0 aliphatic carbocycles. The van der Waals surface area contributed by atoms with E-state index >= 15 is 0 Å². The van der Waals surface area contributed by atoms with Crippen LogP contribution in [0.5, 0.6) is 0 Å². The molecule has 0 radical (unpaired) electrons. The van der Waals surface area contributed by atoms with Gasteiger partial charge in [-0.15, -0.1) is 11.3 Å². The third-order valence-electron chi connectivity index (χ3n) is 3.26. The van der Waals surface area contributed by atoms with Crippen molar-refractivity contribution in [2.24, 2.45) is 0 Å². The maximum absolute atomic E-state index is 12.0. The molecule has 6 heteroatoms. The van der Waals surface area contributed by atoms with Crippen LogP contribution in [0.25, 0.3) is 11.3 Å². The number of hydrogen-bond acceptors (Lipinski definition) is 4. The molecule has 0 aliphatic rings. The standard InChI is InChI=1S/C17H14ClN3OS/c18-14-6-2-1-5-13(14)15-11-23-17(20-15)21-16(22)8-7-12-4-3-9-19-10-12/h1-6,9-11H,7-8H2,(H,20,21,22).